The predicted octanol–water partition coefficient (Wildman–Crippen LogP) is 5.88. The first-order valence-electron chi connectivity index (χ1n) is 15.9. The molecule has 1 N–H and O–H groups in total. The standard InChI is InChI=1S/C32H54O8/c1-4-5-12-23(2)28(39-31-15-8-10-19-37-31)18-17-25-26(21-24(33)13-6-7-14-30(35)36-3)27(34)22-29(25)40-32-16-9-11-20-38-32/h17-18,23,25-29,31-32,34H,4-16,19-22H2,1-3H3/t23-,25+,26+,27-,28+,29+,31?,32?/m0/s1. The molecule has 1 saturated carbocycles. The third kappa shape index (κ3) is 11.2. The van der Waals surface area contributed by atoms with Gasteiger partial charge in [0.05, 0.1) is 25.4 Å². The monoisotopic (exact) mass is 566 g/mol. The molecule has 3 fully saturated rings. The lowest BCUT2D eigenvalue weighted by molar-refractivity contribution is -0.193. The number of aliphatic hydroxyl groups excluding tert-OH is 1. The summed E-state index contributed by atoms with van der Waals surface area (Å²) in [6.07, 6.45) is 15.1. The van der Waals surface area contributed by atoms with Gasteiger partial charge in [-0.2, -0.15) is 0 Å². The molecule has 0 spiro atoms. The first-order valence-corrected chi connectivity index (χ1v) is 15.9. The SMILES string of the molecule is CCCC[C@H](C)[C@@H](C=C[C@@H]1[C@@H](CC(=O)CCCCC(=O)OC)[C@@H](O)C[C@H]1OC1CCCCO1)OC1CCCCO1. The van der Waals surface area contributed by atoms with Gasteiger partial charge in [-0.3, -0.25) is 9.59 Å². The van der Waals surface area contributed by atoms with E-state index in [0.717, 1.165) is 64.4 Å². The van der Waals surface area contributed by atoms with E-state index < -0.39 is 6.10 Å². The van der Waals surface area contributed by atoms with E-state index in [2.05, 4.69) is 26.0 Å². The van der Waals surface area contributed by atoms with Crippen molar-refractivity contribution in [2.75, 3.05) is 20.3 Å². The highest BCUT2D eigenvalue weighted by Crippen LogP contribution is 2.40. The highest BCUT2D eigenvalue weighted by molar-refractivity contribution is 5.78. The summed E-state index contributed by atoms with van der Waals surface area (Å²) >= 11 is 0. The number of aliphatic hydroxyl groups is 1. The van der Waals surface area contributed by atoms with Crippen molar-refractivity contribution in [3.63, 3.8) is 0 Å². The van der Waals surface area contributed by atoms with E-state index in [9.17, 15) is 14.7 Å². The smallest absolute Gasteiger partial charge is 0.305 e. The van der Waals surface area contributed by atoms with Crippen LogP contribution < -0.4 is 0 Å². The molecule has 2 aliphatic heterocycles. The number of carbonyl (C=O) groups is 2. The number of Topliss-reactive ketones (excluding diaryl/α,β-unsaturated/α-hetero) is 1. The van der Waals surface area contributed by atoms with Crippen LogP contribution in [0.3, 0.4) is 0 Å². The molecule has 2 saturated heterocycles. The summed E-state index contributed by atoms with van der Waals surface area (Å²) in [6.45, 7) is 5.87. The van der Waals surface area contributed by atoms with Crippen molar-refractivity contribution in [1.82, 2.24) is 0 Å². The number of methoxy groups -OCH3 is 1. The van der Waals surface area contributed by atoms with Crippen LogP contribution in [0.4, 0.5) is 0 Å². The molecule has 3 aliphatic rings. The van der Waals surface area contributed by atoms with E-state index in [-0.39, 0.29) is 48.4 Å². The van der Waals surface area contributed by atoms with Crippen molar-refractivity contribution in [3.05, 3.63) is 12.2 Å². The topological polar surface area (TPSA) is 101 Å². The number of hydrogen-bond acceptors (Lipinski definition) is 8. The van der Waals surface area contributed by atoms with Crippen LogP contribution in [0.5, 0.6) is 0 Å². The zero-order valence-corrected chi connectivity index (χ0v) is 25.1. The molecule has 2 unspecified atom stereocenters. The molecule has 1 aliphatic carbocycles. The highest BCUT2D eigenvalue weighted by atomic mass is 16.7. The number of unbranched alkanes of at least 4 members (excludes halogenated alkanes) is 2. The Morgan fingerprint density at radius 3 is 2.35 bits per heavy atom. The zero-order valence-electron chi connectivity index (χ0n) is 25.1. The molecule has 3 rings (SSSR count). The van der Waals surface area contributed by atoms with Gasteiger partial charge in [-0.15, -0.1) is 0 Å². The second-order valence-corrected chi connectivity index (χ2v) is 11.9. The molecule has 8 atom stereocenters. The fraction of sp³-hybridized carbons (Fsp3) is 0.875. The second kappa shape index (κ2) is 18.3. The quantitative estimate of drug-likeness (QED) is 0.132. The van der Waals surface area contributed by atoms with Crippen LogP contribution >= 0.6 is 0 Å². The maximum absolute atomic E-state index is 13.0. The first-order chi connectivity index (χ1) is 19.4. The van der Waals surface area contributed by atoms with Crippen molar-refractivity contribution < 1.29 is 38.4 Å². The van der Waals surface area contributed by atoms with Gasteiger partial charge in [0.1, 0.15) is 5.78 Å². The largest absolute Gasteiger partial charge is 0.469 e. The van der Waals surface area contributed by atoms with E-state index in [1.54, 1.807) is 0 Å². The van der Waals surface area contributed by atoms with Gasteiger partial charge in [-0.25, -0.2) is 0 Å². The van der Waals surface area contributed by atoms with Gasteiger partial charge in [-0.1, -0.05) is 38.8 Å². The van der Waals surface area contributed by atoms with E-state index >= 15 is 0 Å². The molecule has 0 aromatic rings. The van der Waals surface area contributed by atoms with Crippen molar-refractivity contribution in [2.24, 2.45) is 17.8 Å². The van der Waals surface area contributed by atoms with Crippen LogP contribution in [0, 0.1) is 17.8 Å². The maximum Gasteiger partial charge on any atom is 0.305 e. The molecular weight excluding hydrogens is 512 g/mol. The van der Waals surface area contributed by atoms with E-state index in [4.69, 9.17) is 23.7 Å². The Hall–Kier alpha value is -1.32. The van der Waals surface area contributed by atoms with Crippen molar-refractivity contribution in [1.29, 1.82) is 0 Å². The average molecular weight is 567 g/mol. The summed E-state index contributed by atoms with van der Waals surface area (Å²) in [7, 11) is 1.38. The number of rotatable bonds is 17. The third-order valence-electron chi connectivity index (χ3n) is 8.68. The summed E-state index contributed by atoms with van der Waals surface area (Å²) in [5, 5.41) is 11.1. The molecule has 8 heteroatoms. The minimum absolute atomic E-state index is 0.103. The summed E-state index contributed by atoms with van der Waals surface area (Å²) in [5.41, 5.74) is 0. The van der Waals surface area contributed by atoms with Gasteiger partial charge in [-0.05, 0) is 63.7 Å². The molecule has 40 heavy (non-hydrogen) atoms. The lowest BCUT2D eigenvalue weighted by Crippen LogP contribution is -2.32. The zero-order chi connectivity index (χ0) is 28.7. The number of ketones is 1. The Balaban J connectivity index is 1.70. The van der Waals surface area contributed by atoms with Crippen LogP contribution in [0.15, 0.2) is 12.2 Å². The minimum Gasteiger partial charge on any atom is -0.469 e. The average Bonchev–Trinajstić information content (AvgIpc) is 3.25. The normalized spacial score (nSPS) is 30.8. The van der Waals surface area contributed by atoms with Crippen molar-refractivity contribution in [2.45, 2.75) is 141 Å². The molecule has 2 heterocycles. The van der Waals surface area contributed by atoms with E-state index in [1.165, 1.54) is 7.11 Å². The van der Waals surface area contributed by atoms with Crippen molar-refractivity contribution >= 4 is 11.8 Å². The lowest BCUT2D eigenvalue weighted by atomic mass is 9.86. The van der Waals surface area contributed by atoms with Crippen LogP contribution in [0.2, 0.25) is 0 Å². The molecule has 0 aromatic carbocycles. The molecule has 230 valence electrons. The molecule has 0 aromatic heterocycles. The third-order valence-corrected chi connectivity index (χ3v) is 8.68. The Morgan fingerprint density at radius 2 is 1.70 bits per heavy atom. The Morgan fingerprint density at radius 1 is 1.00 bits per heavy atom. The number of carbonyl (C=O) groups excluding carboxylic acids is 2. The van der Waals surface area contributed by atoms with Crippen molar-refractivity contribution in [3.8, 4) is 0 Å². The Kier molecular flexibility index (Phi) is 15.2. The van der Waals surface area contributed by atoms with Crippen LogP contribution in [0.25, 0.3) is 0 Å². The molecule has 0 amide bonds. The molecular formula is C32H54O8. The second-order valence-electron chi connectivity index (χ2n) is 11.9. The van der Waals surface area contributed by atoms with E-state index in [0.29, 0.717) is 51.0 Å². The summed E-state index contributed by atoms with van der Waals surface area (Å²) in [5.74, 6) is -0.158. The summed E-state index contributed by atoms with van der Waals surface area (Å²) in [6, 6.07) is 0. The molecule has 8 nitrogen and oxygen atoms in total. The van der Waals surface area contributed by atoms with Gasteiger partial charge >= 0.3 is 5.97 Å². The molecule has 0 radical (unpaired) electrons. The maximum atomic E-state index is 13.0. The number of hydrogen-bond donors (Lipinski definition) is 1. The first kappa shape index (κ1) is 33.2. The summed E-state index contributed by atoms with van der Waals surface area (Å²) in [4.78, 5) is 24.4. The lowest BCUT2D eigenvalue weighted by Gasteiger charge is -2.31. The predicted molar refractivity (Wildman–Crippen MR) is 152 cm³/mol. The van der Waals surface area contributed by atoms with Crippen LogP contribution in [0.1, 0.15) is 110 Å². The van der Waals surface area contributed by atoms with Crippen LogP contribution in [-0.2, 0) is 33.3 Å². The van der Waals surface area contributed by atoms with Gasteiger partial charge in [0, 0.05) is 50.7 Å². The Bertz CT molecular complexity index is 758. The van der Waals surface area contributed by atoms with E-state index in [1.807, 2.05) is 0 Å². The molecule has 0 bridgehead atoms. The fourth-order valence-corrected chi connectivity index (χ4v) is 6.15. The van der Waals surface area contributed by atoms with Gasteiger partial charge in [0.2, 0.25) is 0 Å². The minimum atomic E-state index is -0.624. The van der Waals surface area contributed by atoms with Gasteiger partial charge < -0.3 is 28.8 Å². The van der Waals surface area contributed by atoms with Crippen LogP contribution in [-0.4, -0.2) is 68.1 Å². The van der Waals surface area contributed by atoms with Gasteiger partial charge in [0.15, 0.2) is 12.6 Å². The number of ether oxygens (including phenoxy) is 5. The highest BCUT2D eigenvalue weighted by Gasteiger charge is 2.44. The van der Waals surface area contributed by atoms with Gasteiger partial charge in [0.25, 0.3) is 0 Å². The fourth-order valence-electron chi connectivity index (χ4n) is 6.15. The summed E-state index contributed by atoms with van der Waals surface area (Å²) < 4.78 is 29.4. The number of esters is 1. The Labute approximate surface area is 241 Å².